The molecule has 0 bridgehead atoms. The van der Waals surface area contributed by atoms with E-state index in [1.54, 1.807) is 30.3 Å². The van der Waals surface area contributed by atoms with Gasteiger partial charge >= 0.3 is 0 Å². The average Bonchev–Trinajstić information content (AvgIpc) is 2.87. The number of ether oxygens (including phenoxy) is 1. The molecule has 0 aliphatic rings. The summed E-state index contributed by atoms with van der Waals surface area (Å²) in [5.41, 5.74) is 0. The van der Waals surface area contributed by atoms with Crippen LogP contribution >= 0.6 is 23.4 Å². The van der Waals surface area contributed by atoms with Crippen LogP contribution in [-0.4, -0.2) is 32.2 Å². The number of allylic oxidation sites excluding steroid dienone is 1. The maximum absolute atomic E-state index is 8.90. The Hall–Kier alpha value is -1.50. The van der Waals surface area contributed by atoms with E-state index in [-0.39, 0.29) is 6.61 Å². The van der Waals surface area contributed by atoms with Gasteiger partial charge in [0.15, 0.2) is 11.0 Å². The lowest BCUT2D eigenvalue weighted by molar-refractivity contribution is 0.289. The number of hydrogen-bond acceptors (Lipinski definition) is 5. The molecule has 0 atom stereocenters. The molecule has 2 aromatic rings. The van der Waals surface area contributed by atoms with E-state index in [1.165, 1.54) is 11.8 Å². The van der Waals surface area contributed by atoms with Crippen molar-refractivity contribution in [2.45, 2.75) is 18.3 Å². The molecular formula is C14H16ClN3O2S. The van der Waals surface area contributed by atoms with E-state index < -0.39 is 0 Å². The molecule has 7 heteroatoms. The molecule has 0 fully saturated rings. The molecule has 1 heterocycles. The zero-order valence-corrected chi connectivity index (χ0v) is 13.0. The molecular weight excluding hydrogens is 310 g/mol. The molecule has 0 saturated carbocycles. The van der Waals surface area contributed by atoms with E-state index in [4.69, 9.17) is 21.4 Å². The van der Waals surface area contributed by atoms with Crippen molar-refractivity contribution in [1.82, 2.24) is 14.8 Å². The second-order valence-corrected chi connectivity index (χ2v) is 5.61. The van der Waals surface area contributed by atoms with Crippen molar-refractivity contribution >= 4 is 23.4 Å². The van der Waals surface area contributed by atoms with Gasteiger partial charge in [-0.1, -0.05) is 29.4 Å². The Kier molecular flexibility index (Phi) is 6.10. The lowest BCUT2D eigenvalue weighted by Gasteiger charge is -2.09. The number of nitrogens with zero attached hydrogens (tertiary/aromatic N) is 3. The van der Waals surface area contributed by atoms with Gasteiger partial charge in [-0.15, -0.1) is 16.8 Å². The fraction of sp³-hybridized carbons (Fsp3) is 0.286. The smallest absolute Gasteiger partial charge is 0.191 e. The SMILES string of the molecule is C=CCn1c(COc2ccc(Cl)cc2)nnc1SCCO. The normalized spacial score (nSPS) is 10.6. The highest BCUT2D eigenvalue weighted by atomic mass is 35.5. The van der Waals surface area contributed by atoms with Crippen LogP contribution in [0.15, 0.2) is 42.1 Å². The van der Waals surface area contributed by atoms with Gasteiger partial charge in [0.25, 0.3) is 0 Å². The largest absolute Gasteiger partial charge is 0.486 e. The van der Waals surface area contributed by atoms with Crippen LogP contribution < -0.4 is 4.74 Å². The van der Waals surface area contributed by atoms with Crippen LogP contribution in [0.1, 0.15) is 5.82 Å². The van der Waals surface area contributed by atoms with Crippen molar-refractivity contribution in [2.24, 2.45) is 0 Å². The minimum absolute atomic E-state index is 0.0994. The lowest BCUT2D eigenvalue weighted by Crippen LogP contribution is -2.07. The molecule has 0 aliphatic carbocycles. The van der Waals surface area contributed by atoms with Gasteiger partial charge in [0, 0.05) is 17.3 Å². The predicted octanol–water partition coefficient (Wildman–Crippen LogP) is 2.78. The molecule has 1 N–H and O–H groups in total. The maximum atomic E-state index is 8.90. The number of thioether (sulfide) groups is 1. The minimum Gasteiger partial charge on any atom is -0.486 e. The van der Waals surface area contributed by atoms with Gasteiger partial charge in [-0.3, -0.25) is 4.57 Å². The highest BCUT2D eigenvalue weighted by Crippen LogP contribution is 2.19. The molecule has 0 spiro atoms. The van der Waals surface area contributed by atoms with Gasteiger partial charge in [-0.25, -0.2) is 0 Å². The second kappa shape index (κ2) is 8.07. The minimum atomic E-state index is 0.0994. The molecule has 1 aromatic heterocycles. The number of aliphatic hydroxyl groups excluding tert-OH is 1. The zero-order valence-electron chi connectivity index (χ0n) is 11.4. The Balaban J connectivity index is 2.06. The van der Waals surface area contributed by atoms with E-state index in [0.717, 1.165) is 10.9 Å². The summed E-state index contributed by atoms with van der Waals surface area (Å²) in [4.78, 5) is 0. The molecule has 0 unspecified atom stereocenters. The van der Waals surface area contributed by atoms with Crippen molar-refractivity contribution < 1.29 is 9.84 Å². The zero-order chi connectivity index (χ0) is 15.1. The first-order valence-corrected chi connectivity index (χ1v) is 7.76. The summed E-state index contributed by atoms with van der Waals surface area (Å²) in [5.74, 6) is 2.01. The van der Waals surface area contributed by atoms with Gasteiger partial charge in [0.05, 0.1) is 6.61 Å². The Bertz CT molecular complexity index is 586. The molecule has 21 heavy (non-hydrogen) atoms. The summed E-state index contributed by atoms with van der Waals surface area (Å²) < 4.78 is 7.60. The van der Waals surface area contributed by atoms with Crippen molar-refractivity contribution in [3.05, 3.63) is 47.8 Å². The van der Waals surface area contributed by atoms with E-state index in [9.17, 15) is 0 Å². The molecule has 5 nitrogen and oxygen atoms in total. The van der Waals surface area contributed by atoms with E-state index >= 15 is 0 Å². The highest BCUT2D eigenvalue weighted by molar-refractivity contribution is 7.99. The van der Waals surface area contributed by atoms with Crippen LogP contribution in [0.5, 0.6) is 5.75 Å². The molecule has 0 saturated heterocycles. The quantitative estimate of drug-likeness (QED) is 0.597. The van der Waals surface area contributed by atoms with Crippen molar-refractivity contribution in [2.75, 3.05) is 12.4 Å². The summed E-state index contributed by atoms with van der Waals surface area (Å²) in [6.07, 6.45) is 1.78. The van der Waals surface area contributed by atoms with Crippen LogP contribution in [0.4, 0.5) is 0 Å². The maximum Gasteiger partial charge on any atom is 0.191 e. The predicted molar refractivity (Wildman–Crippen MR) is 83.8 cm³/mol. The first-order chi connectivity index (χ1) is 10.2. The van der Waals surface area contributed by atoms with Gasteiger partial charge in [0.2, 0.25) is 0 Å². The first kappa shape index (κ1) is 15.9. The summed E-state index contributed by atoms with van der Waals surface area (Å²) in [5, 5.41) is 18.6. The van der Waals surface area contributed by atoms with Crippen LogP contribution in [-0.2, 0) is 13.2 Å². The Morgan fingerprint density at radius 3 is 2.76 bits per heavy atom. The molecule has 112 valence electrons. The van der Waals surface area contributed by atoms with Crippen molar-refractivity contribution in [1.29, 1.82) is 0 Å². The molecule has 2 rings (SSSR count). The standard InChI is InChI=1S/C14H16ClN3O2S/c1-2-7-18-13(16-17-14(18)21-9-8-19)10-20-12-5-3-11(15)4-6-12/h2-6,19H,1,7-10H2. The van der Waals surface area contributed by atoms with Gasteiger partial charge in [-0.05, 0) is 24.3 Å². The van der Waals surface area contributed by atoms with Crippen LogP contribution in [0.3, 0.4) is 0 Å². The fourth-order valence-corrected chi connectivity index (χ4v) is 2.49. The topological polar surface area (TPSA) is 60.2 Å². The third-order valence-electron chi connectivity index (χ3n) is 2.61. The van der Waals surface area contributed by atoms with Gasteiger partial charge < -0.3 is 9.84 Å². The van der Waals surface area contributed by atoms with Gasteiger partial charge in [0.1, 0.15) is 12.4 Å². The number of aliphatic hydroxyl groups is 1. The average molecular weight is 326 g/mol. The first-order valence-electron chi connectivity index (χ1n) is 6.39. The molecule has 0 aliphatic heterocycles. The summed E-state index contributed by atoms with van der Waals surface area (Å²) in [6.45, 7) is 4.74. The molecule has 0 amide bonds. The Labute approximate surface area is 132 Å². The van der Waals surface area contributed by atoms with Crippen LogP contribution in [0, 0.1) is 0 Å². The summed E-state index contributed by atoms with van der Waals surface area (Å²) in [6, 6.07) is 7.15. The van der Waals surface area contributed by atoms with E-state index in [0.29, 0.717) is 29.8 Å². The second-order valence-electron chi connectivity index (χ2n) is 4.11. The third kappa shape index (κ3) is 4.49. The van der Waals surface area contributed by atoms with E-state index in [1.807, 2.05) is 4.57 Å². The number of rotatable bonds is 8. The lowest BCUT2D eigenvalue weighted by atomic mass is 10.3. The molecule has 1 aromatic carbocycles. The van der Waals surface area contributed by atoms with Crippen molar-refractivity contribution in [3.63, 3.8) is 0 Å². The van der Waals surface area contributed by atoms with E-state index in [2.05, 4.69) is 16.8 Å². The number of aromatic nitrogens is 3. The number of halogens is 1. The Morgan fingerprint density at radius 1 is 1.33 bits per heavy atom. The molecule has 0 radical (unpaired) electrons. The summed E-state index contributed by atoms with van der Waals surface area (Å²) in [7, 11) is 0. The highest BCUT2D eigenvalue weighted by Gasteiger charge is 2.12. The number of benzene rings is 1. The third-order valence-corrected chi connectivity index (χ3v) is 3.81. The Morgan fingerprint density at radius 2 is 2.10 bits per heavy atom. The summed E-state index contributed by atoms with van der Waals surface area (Å²) >= 11 is 7.28. The van der Waals surface area contributed by atoms with Gasteiger partial charge in [-0.2, -0.15) is 0 Å². The van der Waals surface area contributed by atoms with Crippen molar-refractivity contribution in [3.8, 4) is 5.75 Å². The van der Waals surface area contributed by atoms with Crippen LogP contribution in [0.25, 0.3) is 0 Å². The number of hydrogen-bond donors (Lipinski definition) is 1. The van der Waals surface area contributed by atoms with Crippen LogP contribution in [0.2, 0.25) is 5.02 Å². The monoisotopic (exact) mass is 325 g/mol. The fourth-order valence-electron chi connectivity index (χ4n) is 1.66.